The topological polar surface area (TPSA) is 22.0 Å². The summed E-state index contributed by atoms with van der Waals surface area (Å²) >= 11 is 0. The van der Waals surface area contributed by atoms with Gasteiger partial charge in [0.2, 0.25) is 0 Å². The molecule has 9 rings (SSSR count). The van der Waals surface area contributed by atoms with Crippen LogP contribution >= 0.6 is 7.14 Å². The van der Waals surface area contributed by atoms with Crippen LogP contribution < -0.4 is 15.9 Å². The summed E-state index contributed by atoms with van der Waals surface area (Å²) in [6.45, 7) is 0. The van der Waals surface area contributed by atoms with E-state index in [0.29, 0.717) is 0 Å². The molecule has 0 amide bonds. The third-order valence-electron chi connectivity index (χ3n) is 8.99. The molecular weight excluding hydrogens is 541 g/mol. The minimum Gasteiger partial charge on any atom is -0.309 e. The van der Waals surface area contributed by atoms with Gasteiger partial charge in [-0.05, 0) is 51.7 Å². The normalized spacial score (nSPS) is 15.6. The van der Waals surface area contributed by atoms with Crippen LogP contribution in [-0.4, -0.2) is 4.57 Å². The van der Waals surface area contributed by atoms with Gasteiger partial charge < -0.3 is 9.13 Å². The molecule has 1 aliphatic rings. The molecule has 2 nitrogen and oxygen atoms in total. The highest BCUT2D eigenvalue weighted by Crippen LogP contribution is 2.56. The van der Waals surface area contributed by atoms with Crippen molar-refractivity contribution in [3.63, 3.8) is 0 Å². The van der Waals surface area contributed by atoms with Crippen molar-refractivity contribution in [1.29, 1.82) is 0 Å². The number of hydrogen-bond donors (Lipinski definition) is 0. The number of rotatable bonds is 3. The van der Waals surface area contributed by atoms with Crippen LogP contribution in [0.5, 0.6) is 0 Å². The molecule has 0 saturated carbocycles. The lowest BCUT2D eigenvalue weighted by Gasteiger charge is -2.17. The summed E-state index contributed by atoms with van der Waals surface area (Å²) in [4.78, 5) is 0. The predicted molar refractivity (Wildman–Crippen MR) is 182 cm³/mol. The number of aromatic nitrogens is 1. The summed E-state index contributed by atoms with van der Waals surface area (Å²) in [6.07, 6.45) is 0. The minimum absolute atomic E-state index is 0.876. The molecule has 3 heteroatoms. The standard InChI is InChI=1S/C40H26NOP/c42-43(31-14-5-2-6-15-31)37-26-25-34-33-17-9-10-18-36(33)41(30-22-19-28(20-23-30)27-11-3-1-4-12-27)39(34)38(37)35-24-21-29-13-7-8-16-32(29)40(35)43/h1-26H. The second-order valence-corrected chi connectivity index (χ2v) is 13.9. The van der Waals surface area contributed by atoms with Crippen LogP contribution in [0, 0.1) is 0 Å². The van der Waals surface area contributed by atoms with Gasteiger partial charge in [-0.25, -0.2) is 0 Å². The Bertz CT molecular complexity index is 2400. The molecule has 0 bridgehead atoms. The van der Waals surface area contributed by atoms with Crippen LogP contribution in [0.25, 0.3) is 60.5 Å². The second-order valence-electron chi connectivity index (χ2n) is 11.2. The van der Waals surface area contributed by atoms with Crippen molar-refractivity contribution in [3.8, 4) is 27.9 Å². The van der Waals surface area contributed by atoms with Gasteiger partial charge in [0.25, 0.3) is 0 Å². The van der Waals surface area contributed by atoms with Crippen molar-refractivity contribution in [3.05, 3.63) is 158 Å². The minimum atomic E-state index is -3.17. The fourth-order valence-corrected chi connectivity index (χ4v) is 10.4. The van der Waals surface area contributed by atoms with E-state index < -0.39 is 7.14 Å². The average Bonchev–Trinajstić information content (AvgIpc) is 3.56. The number of para-hydroxylation sites is 1. The van der Waals surface area contributed by atoms with Crippen LogP contribution in [0.2, 0.25) is 0 Å². The van der Waals surface area contributed by atoms with Gasteiger partial charge >= 0.3 is 0 Å². The fourth-order valence-electron chi connectivity index (χ4n) is 7.10. The summed E-state index contributed by atoms with van der Waals surface area (Å²) in [5, 5.41) is 7.28. The lowest BCUT2D eigenvalue weighted by molar-refractivity contribution is 0.593. The Hall–Kier alpha value is -5.17. The van der Waals surface area contributed by atoms with Crippen molar-refractivity contribution >= 4 is 55.6 Å². The molecule has 0 aliphatic carbocycles. The Morgan fingerprint density at radius 2 is 1.14 bits per heavy atom. The first kappa shape index (κ1) is 24.4. The van der Waals surface area contributed by atoms with Gasteiger partial charge in [0.15, 0.2) is 7.14 Å². The van der Waals surface area contributed by atoms with Gasteiger partial charge in [-0.15, -0.1) is 0 Å². The zero-order chi connectivity index (χ0) is 28.5. The van der Waals surface area contributed by atoms with Gasteiger partial charge in [0, 0.05) is 37.9 Å². The number of fused-ring (bicyclic) bond motifs is 9. The van der Waals surface area contributed by atoms with Crippen LogP contribution in [-0.2, 0) is 4.57 Å². The number of hydrogen-bond acceptors (Lipinski definition) is 1. The first-order valence-corrected chi connectivity index (χ1v) is 16.3. The summed E-state index contributed by atoms with van der Waals surface area (Å²) in [5.41, 5.74) is 7.86. The molecule has 8 aromatic rings. The van der Waals surface area contributed by atoms with E-state index in [1.165, 1.54) is 21.9 Å². The van der Waals surface area contributed by atoms with E-state index in [1.807, 2.05) is 36.4 Å². The maximum Gasteiger partial charge on any atom is 0.172 e. The molecule has 43 heavy (non-hydrogen) atoms. The van der Waals surface area contributed by atoms with Crippen molar-refractivity contribution in [2.75, 3.05) is 0 Å². The molecule has 1 aliphatic heterocycles. The Balaban J connectivity index is 1.42. The van der Waals surface area contributed by atoms with Crippen molar-refractivity contribution in [2.24, 2.45) is 0 Å². The molecule has 0 radical (unpaired) electrons. The number of nitrogens with zero attached hydrogens (tertiary/aromatic N) is 1. The molecule has 2 heterocycles. The molecule has 1 aromatic heterocycles. The van der Waals surface area contributed by atoms with E-state index >= 15 is 4.57 Å². The summed E-state index contributed by atoms with van der Waals surface area (Å²) < 4.78 is 18.1. The largest absolute Gasteiger partial charge is 0.309 e. The number of benzene rings is 7. The first-order valence-electron chi connectivity index (χ1n) is 14.6. The zero-order valence-electron chi connectivity index (χ0n) is 23.3. The first-order chi connectivity index (χ1) is 21.2. The third kappa shape index (κ3) is 3.39. The van der Waals surface area contributed by atoms with Gasteiger partial charge in [-0.3, -0.25) is 0 Å². The van der Waals surface area contributed by atoms with Gasteiger partial charge in [-0.2, -0.15) is 0 Å². The van der Waals surface area contributed by atoms with Crippen LogP contribution in [0.15, 0.2) is 158 Å². The van der Waals surface area contributed by atoms with E-state index in [9.17, 15) is 0 Å². The van der Waals surface area contributed by atoms with E-state index in [0.717, 1.165) is 54.5 Å². The molecule has 7 aromatic carbocycles. The third-order valence-corrected chi connectivity index (χ3v) is 12.2. The molecule has 1 unspecified atom stereocenters. The Morgan fingerprint density at radius 1 is 0.488 bits per heavy atom. The van der Waals surface area contributed by atoms with Gasteiger partial charge in [0.05, 0.1) is 11.0 Å². The van der Waals surface area contributed by atoms with E-state index in [4.69, 9.17) is 0 Å². The van der Waals surface area contributed by atoms with Gasteiger partial charge in [-0.1, -0.05) is 133 Å². The summed E-state index contributed by atoms with van der Waals surface area (Å²) in [5.74, 6) is 0. The maximum atomic E-state index is 15.8. The Labute approximate surface area is 249 Å². The quantitative estimate of drug-likeness (QED) is 0.195. The zero-order valence-corrected chi connectivity index (χ0v) is 24.2. The Morgan fingerprint density at radius 3 is 1.93 bits per heavy atom. The maximum absolute atomic E-state index is 15.8. The molecule has 202 valence electrons. The van der Waals surface area contributed by atoms with E-state index in [2.05, 4.69) is 126 Å². The Kier molecular flexibility index (Phi) is 5.21. The smallest absolute Gasteiger partial charge is 0.172 e. The highest BCUT2D eigenvalue weighted by atomic mass is 31.2. The lowest BCUT2D eigenvalue weighted by Crippen LogP contribution is -2.21. The fraction of sp³-hybridized carbons (Fsp3) is 0. The predicted octanol–water partition coefficient (Wildman–Crippen LogP) is 9.22. The molecule has 0 N–H and O–H groups in total. The van der Waals surface area contributed by atoms with Crippen molar-refractivity contribution in [1.82, 2.24) is 4.57 Å². The van der Waals surface area contributed by atoms with Crippen molar-refractivity contribution < 1.29 is 4.57 Å². The van der Waals surface area contributed by atoms with Crippen molar-refractivity contribution in [2.45, 2.75) is 0 Å². The summed E-state index contributed by atoms with van der Waals surface area (Å²) in [6, 6.07) is 55.0. The van der Waals surface area contributed by atoms with Crippen LogP contribution in [0.1, 0.15) is 0 Å². The highest BCUT2D eigenvalue weighted by molar-refractivity contribution is 7.86. The van der Waals surface area contributed by atoms with Crippen LogP contribution in [0.4, 0.5) is 0 Å². The molecule has 0 spiro atoms. The molecule has 0 fully saturated rings. The summed E-state index contributed by atoms with van der Waals surface area (Å²) in [7, 11) is -3.17. The van der Waals surface area contributed by atoms with Crippen LogP contribution in [0.3, 0.4) is 0 Å². The lowest BCUT2D eigenvalue weighted by atomic mass is 9.99. The van der Waals surface area contributed by atoms with Gasteiger partial charge in [0.1, 0.15) is 0 Å². The monoisotopic (exact) mass is 567 g/mol. The van der Waals surface area contributed by atoms with E-state index in [-0.39, 0.29) is 0 Å². The SMILES string of the molecule is O=P1(c2ccccc2)c2ccc3c4ccccc4n(-c4ccc(-c5ccccc5)cc4)c3c2-c2ccc3ccccc3c21. The second kappa shape index (κ2) is 9.16. The highest BCUT2D eigenvalue weighted by Gasteiger charge is 2.43. The average molecular weight is 568 g/mol. The van der Waals surface area contributed by atoms with E-state index in [1.54, 1.807) is 0 Å². The molecular formula is C40H26NOP. The molecule has 0 saturated heterocycles. The molecule has 1 atom stereocenters.